The van der Waals surface area contributed by atoms with Crippen molar-refractivity contribution >= 4 is 29.9 Å². The lowest BCUT2D eigenvalue weighted by molar-refractivity contribution is -0.137. The molecule has 1 aliphatic rings. The molecule has 0 aliphatic carbocycles. The van der Waals surface area contributed by atoms with E-state index in [0.717, 1.165) is 18.0 Å². The van der Waals surface area contributed by atoms with E-state index in [2.05, 4.69) is 20.6 Å². The number of aromatic nitrogens is 1. The lowest BCUT2D eigenvalue weighted by Crippen LogP contribution is -2.46. The molecular formula is C19H22F3IN4O3. The molecule has 0 radical (unpaired) electrons. The van der Waals surface area contributed by atoms with E-state index in [1.807, 2.05) is 24.3 Å². The van der Waals surface area contributed by atoms with Gasteiger partial charge in [-0.25, -0.2) is 4.98 Å². The van der Waals surface area contributed by atoms with Crippen molar-refractivity contribution in [1.82, 2.24) is 15.6 Å². The molecule has 1 atom stereocenters. The van der Waals surface area contributed by atoms with Crippen LogP contribution in [-0.2, 0) is 6.18 Å². The number of guanidine groups is 1. The van der Waals surface area contributed by atoms with Crippen molar-refractivity contribution in [3.05, 3.63) is 48.2 Å². The number of ether oxygens (including phenoxy) is 3. The van der Waals surface area contributed by atoms with Gasteiger partial charge in [-0.3, -0.25) is 4.99 Å². The van der Waals surface area contributed by atoms with Crippen molar-refractivity contribution in [2.45, 2.75) is 12.3 Å². The summed E-state index contributed by atoms with van der Waals surface area (Å²) < 4.78 is 54.4. The molecule has 0 saturated heterocycles. The standard InChI is InChI=1S/C19H21F3N4O3.HI/c1-23-18(26-11-14-12-28-15-4-2-3-5-16(15)29-14)24-8-9-27-17-7-6-13(10-25-17)19(20,21)22;/h2-7,10,14H,8-9,11-12H2,1H3,(H2,23,24,26);1H. The van der Waals surface area contributed by atoms with Crippen LogP contribution in [0, 0.1) is 0 Å². The summed E-state index contributed by atoms with van der Waals surface area (Å²) in [6.45, 7) is 1.49. The number of hydrogen-bond donors (Lipinski definition) is 2. The Balaban J connectivity index is 0.00000320. The summed E-state index contributed by atoms with van der Waals surface area (Å²) >= 11 is 0. The fourth-order valence-corrected chi connectivity index (χ4v) is 2.55. The molecule has 3 rings (SSSR count). The molecule has 1 aliphatic heterocycles. The number of nitrogens with zero attached hydrogens (tertiary/aromatic N) is 2. The molecule has 0 bridgehead atoms. The highest BCUT2D eigenvalue weighted by molar-refractivity contribution is 14.0. The van der Waals surface area contributed by atoms with Crippen LogP contribution in [0.5, 0.6) is 17.4 Å². The minimum absolute atomic E-state index is 0. The number of para-hydroxylation sites is 2. The minimum Gasteiger partial charge on any atom is -0.486 e. The third-order valence-corrected chi connectivity index (χ3v) is 4.00. The number of pyridine rings is 1. The fraction of sp³-hybridized carbons (Fsp3) is 0.368. The van der Waals surface area contributed by atoms with E-state index >= 15 is 0 Å². The highest BCUT2D eigenvalue weighted by Crippen LogP contribution is 2.30. The zero-order valence-corrected chi connectivity index (χ0v) is 18.4. The maximum Gasteiger partial charge on any atom is 0.417 e. The number of aliphatic imine (C=N–C) groups is 1. The van der Waals surface area contributed by atoms with Gasteiger partial charge in [-0.15, -0.1) is 24.0 Å². The van der Waals surface area contributed by atoms with Crippen molar-refractivity contribution in [1.29, 1.82) is 0 Å². The molecule has 1 aromatic heterocycles. The summed E-state index contributed by atoms with van der Waals surface area (Å²) in [5.74, 6) is 2.08. The van der Waals surface area contributed by atoms with E-state index in [9.17, 15) is 13.2 Å². The predicted octanol–water partition coefficient (Wildman–Crippen LogP) is 3.10. The summed E-state index contributed by atoms with van der Waals surface area (Å²) in [7, 11) is 1.63. The van der Waals surface area contributed by atoms with E-state index in [4.69, 9.17) is 14.2 Å². The van der Waals surface area contributed by atoms with Crippen LogP contribution < -0.4 is 24.8 Å². The van der Waals surface area contributed by atoms with Crippen LogP contribution in [0.3, 0.4) is 0 Å². The molecule has 0 saturated carbocycles. The van der Waals surface area contributed by atoms with E-state index in [1.165, 1.54) is 6.07 Å². The van der Waals surface area contributed by atoms with Crippen LogP contribution in [0.15, 0.2) is 47.6 Å². The molecule has 0 amide bonds. The molecule has 2 heterocycles. The minimum atomic E-state index is -4.42. The first-order chi connectivity index (χ1) is 14.0. The third kappa shape index (κ3) is 6.82. The molecule has 0 fully saturated rings. The van der Waals surface area contributed by atoms with Crippen LogP contribution in [-0.4, -0.2) is 50.4 Å². The highest BCUT2D eigenvalue weighted by Gasteiger charge is 2.30. The van der Waals surface area contributed by atoms with Gasteiger partial charge in [-0.2, -0.15) is 13.2 Å². The molecule has 0 spiro atoms. The first-order valence-electron chi connectivity index (χ1n) is 8.95. The monoisotopic (exact) mass is 538 g/mol. The fourth-order valence-electron chi connectivity index (χ4n) is 2.55. The zero-order chi connectivity index (χ0) is 20.7. The molecule has 2 N–H and O–H groups in total. The molecular weight excluding hydrogens is 516 g/mol. The number of halogens is 4. The van der Waals surface area contributed by atoms with Gasteiger partial charge in [0.2, 0.25) is 5.88 Å². The Labute approximate surface area is 189 Å². The Morgan fingerprint density at radius 1 is 1.20 bits per heavy atom. The van der Waals surface area contributed by atoms with Gasteiger partial charge < -0.3 is 24.8 Å². The molecule has 1 unspecified atom stereocenters. The van der Waals surface area contributed by atoms with Gasteiger partial charge in [-0.05, 0) is 18.2 Å². The van der Waals surface area contributed by atoms with Crippen LogP contribution in [0.4, 0.5) is 13.2 Å². The summed E-state index contributed by atoms with van der Waals surface area (Å²) in [4.78, 5) is 7.75. The highest BCUT2D eigenvalue weighted by atomic mass is 127. The van der Waals surface area contributed by atoms with E-state index in [-0.39, 0.29) is 42.6 Å². The molecule has 30 heavy (non-hydrogen) atoms. The normalized spacial score (nSPS) is 15.7. The first kappa shape index (κ1) is 23.8. The number of rotatable bonds is 6. The quantitative estimate of drug-likeness (QED) is 0.255. The van der Waals surface area contributed by atoms with Gasteiger partial charge in [0.05, 0.1) is 18.7 Å². The average Bonchev–Trinajstić information content (AvgIpc) is 2.73. The van der Waals surface area contributed by atoms with Gasteiger partial charge in [0.25, 0.3) is 0 Å². The van der Waals surface area contributed by atoms with Crippen LogP contribution >= 0.6 is 24.0 Å². The first-order valence-corrected chi connectivity index (χ1v) is 8.95. The number of benzene rings is 1. The summed E-state index contributed by atoms with van der Waals surface area (Å²) in [5, 5.41) is 6.17. The van der Waals surface area contributed by atoms with Gasteiger partial charge in [0, 0.05) is 19.3 Å². The van der Waals surface area contributed by atoms with Crippen molar-refractivity contribution < 1.29 is 27.4 Å². The van der Waals surface area contributed by atoms with Crippen molar-refractivity contribution in [3.8, 4) is 17.4 Å². The lowest BCUT2D eigenvalue weighted by Gasteiger charge is -2.27. The van der Waals surface area contributed by atoms with Gasteiger partial charge >= 0.3 is 6.18 Å². The topological polar surface area (TPSA) is 77.0 Å². The second-order valence-corrected chi connectivity index (χ2v) is 6.11. The molecule has 7 nitrogen and oxygen atoms in total. The largest absolute Gasteiger partial charge is 0.486 e. The Bertz CT molecular complexity index is 835. The van der Waals surface area contributed by atoms with Crippen molar-refractivity contribution in [3.63, 3.8) is 0 Å². The number of fused-ring (bicyclic) bond motifs is 1. The summed E-state index contributed by atoms with van der Waals surface area (Å²) in [6, 6.07) is 9.58. The molecule has 164 valence electrons. The SMILES string of the molecule is CN=C(NCCOc1ccc(C(F)(F)F)cn1)NCC1COc2ccccc2O1.I. The zero-order valence-electron chi connectivity index (χ0n) is 16.1. The molecule has 2 aromatic rings. The maximum atomic E-state index is 12.5. The van der Waals surface area contributed by atoms with E-state index in [0.29, 0.717) is 31.4 Å². The molecule has 11 heteroatoms. The van der Waals surface area contributed by atoms with Crippen LogP contribution in [0.1, 0.15) is 5.56 Å². The van der Waals surface area contributed by atoms with E-state index < -0.39 is 11.7 Å². The molecule has 1 aromatic carbocycles. The smallest absolute Gasteiger partial charge is 0.417 e. The van der Waals surface area contributed by atoms with Crippen LogP contribution in [0.2, 0.25) is 0 Å². The number of hydrogen-bond acceptors (Lipinski definition) is 5. The predicted molar refractivity (Wildman–Crippen MR) is 116 cm³/mol. The van der Waals surface area contributed by atoms with Gasteiger partial charge in [-0.1, -0.05) is 12.1 Å². The summed E-state index contributed by atoms with van der Waals surface area (Å²) in [5.41, 5.74) is -0.816. The second-order valence-electron chi connectivity index (χ2n) is 6.11. The van der Waals surface area contributed by atoms with Crippen LogP contribution in [0.25, 0.3) is 0 Å². The van der Waals surface area contributed by atoms with Crippen molar-refractivity contribution in [2.24, 2.45) is 4.99 Å². The number of alkyl halides is 3. The second kappa shape index (κ2) is 11.1. The van der Waals surface area contributed by atoms with Gasteiger partial charge in [0.15, 0.2) is 17.5 Å². The third-order valence-electron chi connectivity index (χ3n) is 4.00. The van der Waals surface area contributed by atoms with Gasteiger partial charge in [0.1, 0.15) is 19.3 Å². The number of nitrogens with one attached hydrogen (secondary N) is 2. The van der Waals surface area contributed by atoms with Crippen molar-refractivity contribution in [2.75, 3.05) is 33.4 Å². The summed E-state index contributed by atoms with van der Waals surface area (Å²) in [6.07, 6.45) is -3.84. The Hall–Kier alpha value is -2.44. The lowest BCUT2D eigenvalue weighted by atomic mass is 10.2. The van der Waals surface area contributed by atoms with E-state index in [1.54, 1.807) is 7.05 Å². The Kier molecular flexibility index (Phi) is 8.81. The Morgan fingerprint density at radius 2 is 1.97 bits per heavy atom. The Morgan fingerprint density at radius 3 is 2.63 bits per heavy atom. The maximum absolute atomic E-state index is 12.5. The average molecular weight is 538 g/mol.